The Morgan fingerprint density at radius 2 is 2.07 bits per heavy atom. The summed E-state index contributed by atoms with van der Waals surface area (Å²) in [6.07, 6.45) is 2.27. The predicted molar refractivity (Wildman–Crippen MR) is 63.4 cm³/mol. The summed E-state index contributed by atoms with van der Waals surface area (Å²) >= 11 is 0. The van der Waals surface area contributed by atoms with Crippen molar-refractivity contribution in [1.29, 1.82) is 0 Å². The van der Waals surface area contributed by atoms with Crippen LogP contribution in [0.25, 0.3) is 0 Å². The normalized spacial score (nSPS) is 15.6. The summed E-state index contributed by atoms with van der Waals surface area (Å²) in [5.74, 6) is 0. The van der Waals surface area contributed by atoms with Crippen LogP contribution < -0.4 is 5.32 Å². The molecular formula is C11H19N2Si+. The van der Waals surface area contributed by atoms with Gasteiger partial charge in [-0.15, -0.1) is 0 Å². The van der Waals surface area contributed by atoms with E-state index < -0.39 is 8.07 Å². The first-order valence-electron chi connectivity index (χ1n) is 5.31. The molecule has 14 heavy (non-hydrogen) atoms. The van der Waals surface area contributed by atoms with Crippen LogP contribution >= 0.6 is 0 Å². The SMILES string of the molecule is CC[N+]1=Cc2ccc([Si](C)(C)C)n2C1. The Hall–Kier alpha value is -0.833. The van der Waals surface area contributed by atoms with Crippen LogP contribution in [0.1, 0.15) is 12.6 Å². The number of fused-ring (bicyclic) bond motifs is 1. The zero-order chi connectivity index (χ0) is 10.3. The molecule has 1 aliphatic heterocycles. The monoisotopic (exact) mass is 207 g/mol. The van der Waals surface area contributed by atoms with E-state index in [2.05, 4.69) is 54.1 Å². The van der Waals surface area contributed by atoms with E-state index >= 15 is 0 Å². The van der Waals surface area contributed by atoms with E-state index in [9.17, 15) is 0 Å². The Morgan fingerprint density at radius 1 is 1.36 bits per heavy atom. The van der Waals surface area contributed by atoms with Crippen molar-refractivity contribution in [3.63, 3.8) is 0 Å². The third kappa shape index (κ3) is 1.45. The Morgan fingerprint density at radius 3 is 2.64 bits per heavy atom. The molecule has 0 saturated heterocycles. The molecule has 2 rings (SSSR count). The second-order valence-corrected chi connectivity index (χ2v) is 10.0. The molecule has 0 spiro atoms. The van der Waals surface area contributed by atoms with Gasteiger partial charge in [0.1, 0.15) is 12.2 Å². The van der Waals surface area contributed by atoms with E-state index in [0.717, 1.165) is 13.2 Å². The van der Waals surface area contributed by atoms with Crippen molar-refractivity contribution in [1.82, 2.24) is 4.57 Å². The minimum Gasteiger partial charge on any atom is -0.288 e. The smallest absolute Gasteiger partial charge is 0.222 e. The van der Waals surface area contributed by atoms with Gasteiger partial charge in [-0.05, 0) is 19.1 Å². The van der Waals surface area contributed by atoms with E-state index in [1.165, 1.54) is 5.69 Å². The zero-order valence-corrected chi connectivity index (χ0v) is 10.5. The molecule has 0 aromatic carbocycles. The molecular weight excluding hydrogens is 188 g/mol. The third-order valence-corrected chi connectivity index (χ3v) is 4.80. The average Bonchev–Trinajstić information content (AvgIpc) is 2.57. The highest BCUT2D eigenvalue weighted by Gasteiger charge is 2.27. The van der Waals surface area contributed by atoms with Crippen LogP contribution in [-0.2, 0) is 6.67 Å². The molecule has 2 heterocycles. The van der Waals surface area contributed by atoms with Gasteiger partial charge in [0.2, 0.25) is 6.67 Å². The fourth-order valence-electron chi connectivity index (χ4n) is 2.01. The van der Waals surface area contributed by atoms with Crippen molar-refractivity contribution < 1.29 is 4.58 Å². The van der Waals surface area contributed by atoms with Crippen molar-refractivity contribution in [3.05, 3.63) is 17.8 Å². The Kier molecular flexibility index (Phi) is 2.14. The summed E-state index contributed by atoms with van der Waals surface area (Å²) in [4.78, 5) is 0. The molecule has 0 aliphatic carbocycles. The second kappa shape index (κ2) is 3.09. The molecule has 0 unspecified atom stereocenters. The van der Waals surface area contributed by atoms with E-state index in [1.54, 1.807) is 5.32 Å². The average molecular weight is 207 g/mol. The molecule has 1 aromatic heterocycles. The number of nitrogens with zero attached hydrogens (tertiary/aromatic N) is 2. The van der Waals surface area contributed by atoms with Gasteiger partial charge in [-0.3, -0.25) is 4.57 Å². The minimum absolute atomic E-state index is 1.05. The lowest BCUT2D eigenvalue weighted by atomic mass is 10.5. The first-order chi connectivity index (χ1) is 6.52. The summed E-state index contributed by atoms with van der Waals surface area (Å²) in [5, 5.41) is 1.57. The van der Waals surface area contributed by atoms with Crippen LogP contribution in [0.3, 0.4) is 0 Å². The zero-order valence-electron chi connectivity index (χ0n) is 9.54. The van der Waals surface area contributed by atoms with Crippen molar-refractivity contribution in [3.8, 4) is 0 Å². The van der Waals surface area contributed by atoms with Gasteiger partial charge in [0, 0.05) is 5.32 Å². The molecule has 1 aromatic rings. The molecule has 76 valence electrons. The summed E-state index contributed by atoms with van der Waals surface area (Å²) < 4.78 is 4.83. The molecule has 0 radical (unpaired) electrons. The van der Waals surface area contributed by atoms with Crippen molar-refractivity contribution in [2.24, 2.45) is 0 Å². The number of rotatable bonds is 2. The Labute approximate surface area is 86.9 Å². The molecule has 0 fully saturated rings. The largest absolute Gasteiger partial charge is 0.288 e. The van der Waals surface area contributed by atoms with Gasteiger partial charge in [-0.1, -0.05) is 19.6 Å². The van der Waals surface area contributed by atoms with Gasteiger partial charge in [0.25, 0.3) is 0 Å². The lowest BCUT2D eigenvalue weighted by Crippen LogP contribution is -2.43. The topological polar surface area (TPSA) is 7.94 Å². The van der Waals surface area contributed by atoms with Gasteiger partial charge in [-0.2, -0.15) is 0 Å². The van der Waals surface area contributed by atoms with Gasteiger partial charge in [0.05, 0.1) is 8.07 Å². The maximum atomic E-state index is 2.47. The lowest BCUT2D eigenvalue weighted by molar-refractivity contribution is -0.544. The van der Waals surface area contributed by atoms with Gasteiger partial charge in [0.15, 0.2) is 6.21 Å². The lowest BCUT2D eigenvalue weighted by Gasteiger charge is -2.17. The van der Waals surface area contributed by atoms with E-state index in [4.69, 9.17) is 0 Å². The van der Waals surface area contributed by atoms with Gasteiger partial charge >= 0.3 is 0 Å². The summed E-state index contributed by atoms with van der Waals surface area (Å²) in [6, 6.07) is 4.56. The highest BCUT2D eigenvalue weighted by Crippen LogP contribution is 2.10. The van der Waals surface area contributed by atoms with Crippen LogP contribution in [0.5, 0.6) is 0 Å². The molecule has 0 atom stereocenters. The summed E-state index contributed by atoms with van der Waals surface area (Å²) in [6.45, 7) is 11.6. The molecule has 0 bridgehead atoms. The predicted octanol–water partition coefficient (Wildman–Crippen LogP) is 1.46. The standard InChI is InChI=1S/C11H19N2Si/c1-5-12-8-10-6-7-11(13(10)9-12)14(2,3)4/h6-8H,5,9H2,1-4H3/q+1. The Balaban J connectivity index is 2.39. The summed E-state index contributed by atoms with van der Waals surface area (Å²) in [5.41, 5.74) is 1.38. The molecule has 0 amide bonds. The van der Waals surface area contributed by atoms with E-state index in [-0.39, 0.29) is 0 Å². The third-order valence-electron chi connectivity index (χ3n) is 2.83. The number of hydrogen-bond donors (Lipinski definition) is 0. The van der Waals surface area contributed by atoms with Gasteiger partial charge < -0.3 is 0 Å². The first kappa shape index (κ1) is 9.71. The van der Waals surface area contributed by atoms with E-state index in [0.29, 0.717) is 0 Å². The minimum atomic E-state index is -1.16. The van der Waals surface area contributed by atoms with Crippen molar-refractivity contribution in [2.75, 3.05) is 6.54 Å². The highest BCUT2D eigenvalue weighted by molar-refractivity contribution is 6.88. The first-order valence-corrected chi connectivity index (χ1v) is 8.81. The van der Waals surface area contributed by atoms with Crippen molar-refractivity contribution in [2.45, 2.75) is 33.2 Å². The fraction of sp³-hybridized carbons (Fsp3) is 0.545. The number of hydrogen-bond acceptors (Lipinski definition) is 0. The van der Waals surface area contributed by atoms with Crippen LogP contribution in [0.4, 0.5) is 0 Å². The molecule has 2 nitrogen and oxygen atoms in total. The maximum Gasteiger partial charge on any atom is 0.222 e. The van der Waals surface area contributed by atoms with Crippen molar-refractivity contribution >= 4 is 19.6 Å². The highest BCUT2D eigenvalue weighted by atomic mass is 28.3. The van der Waals surface area contributed by atoms with Crippen LogP contribution in [0.15, 0.2) is 12.1 Å². The molecule has 3 heteroatoms. The van der Waals surface area contributed by atoms with Crippen LogP contribution in [-0.4, -0.2) is 30.0 Å². The quantitative estimate of drug-likeness (QED) is 0.512. The molecule has 1 aliphatic rings. The summed E-state index contributed by atoms with van der Waals surface area (Å²) in [7, 11) is -1.16. The second-order valence-electron chi connectivity index (χ2n) is 5.00. The fourth-order valence-corrected chi connectivity index (χ4v) is 3.60. The molecule has 0 N–H and O–H groups in total. The van der Waals surface area contributed by atoms with Crippen LogP contribution in [0.2, 0.25) is 19.6 Å². The number of aromatic nitrogens is 1. The van der Waals surface area contributed by atoms with E-state index in [1.807, 2.05) is 0 Å². The maximum absolute atomic E-state index is 2.47. The Bertz CT molecular complexity index is 382. The van der Waals surface area contributed by atoms with Gasteiger partial charge in [-0.25, -0.2) is 4.58 Å². The van der Waals surface area contributed by atoms with Crippen LogP contribution in [0, 0.1) is 0 Å². The molecule has 0 saturated carbocycles.